The van der Waals surface area contributed by atoms with Gasteiger partial charge in [-0.05, 0) is 62.4 Å². The largest absolute Gasteiger partial charge is 0.345 e. The molecule has 174 valence electrons. The summed E-state index contributed by atoms with van der Waals surface area (Å²) in [5.74, 6) is 0.474. The lowest BCUT2D eigenvalue weighted by atomic mass is 10.1. The molecular weight excluding hydrogens is 445 g/mol. The molecule has 5 rings (SSSR count). The van der Waals surface area contributed by atoms with Gasteiger partial charge >= 0.3 is 0 Å². The van der Waals surface area contributed by atoms with Crippen LogP contribution in [-0.2, 0) is 11.3 Å². The third-order valence-electron chi connectivity index (χ3n) is 5.48. The molecule has 0 radical (unpaired) electrons. The summed E-state index contributed by atoms with van der Waals surface area (Å²) in [5.41, 5.74) is 4.77. The molecule has 9 heteroatoms. The molecule has 2 aromatic carbocycles. The Labute approximate surface area is 200 Å². The quantitative estimate of drug-likeness (QED) is 0.381. The normalized spacial score (nSPS) is 11.4. The standard InChI is InChI=1S/C26H22FN7O/c1-17-14-18(2)34-23(30-31-26(34)29-17)15-28-24(35)13-10-20-16-33(22-6-4-3-5-7-22)32-25(20)19-8-11-21(27)12-9-19/h3-14,16H,15H2,1-2H3,(H,28,35)/b13-10+. The van der Waals surface area contributed by atoms with Crippen molar-refractivity contribution in [2.24, 2.45) is 0 Å². The Morgan fingerprint density at radius 3 is 2.60 bits per heavy atom. The average molecular weight is 468 g/mol. The molecule has 5 aromatic rings. The van der Waals surface area contributed by atoms with Crippen LogP contribution in [0.2, 0.25) is 0 Å². The number of carbonyl (C=O) groups excluding carboxylic acids is 1. The van der Waals surface area contributed by atoms with Crippen LogP contribution in [0.15, 0.2) is 72.9 Å². The molecule has 0 aliphatic carbocycles. The molecule has 0 fully saturated rings. The fraction of sp³-hybridized carbons (Fsp3) is 0.115. The molecule has 0 unspecified atom stereocenters. The lowest BCUT2D eigenvalue weighted by molar-refractivity contribution is -0.116. The molecule has 3 heterocycles. The summed E-state index contributed by atoms with van der Waals surface area (Å²) in [6, 6.07) is 17.7. The minimum Gasteiger partial charge on any atom is -0.345 e. The minimum absolute atomic E-state index is 0.198. The van der Waals surface area contributed by atoms with Gasteiger partial charge in [-0.25, -0.2) is 14.1 Å². The number of nitrogens with one attached hydrogen (secondary N) is 1. The molecule has 1 N–H and O–H groups in total. The Bertz CT molecular complexity index is 1540. The molecule has 3 aromatic heterocycles. The first-order valence-corrected chi connectivity index (χ1v) is 11.0. The van der Waals surface area contributed by atoms with Crippen molar-refractivity contribution < 1.29 is 9.18 Å². The van der Waals surface area contributed by atoms with Gasteiger partial charge < -0.3 is 5.32 Å². The van der Waals surface area contributed by atoms with Crippen LogP contribution in [0.5, 0.6) is 0 Å². The molecule has 0 aliphatic rings. The van der Waals surface area contributed by atoms with Crippen LogP contribution >= 0.6 is 0 Å². The van der Waals surface area contributed by atoms with Crippen LogP contribution < -0.4 is 5.32 Å². The molecule has 0 bridgehead atoms. The third kappa shape index (κ3) is 4.70. The first-order valence-electron chi connectivity index (χ1n) is 11.0. The topological polar surface area (TPSA) is 90.0 Å². The molecule has 0 saturated heterocycles. The maximum atomic E-state index is 13.5. The van der Waals surface area contributed by atoms with E-state index in [0.717, 1.165) is 28.2 Å². The van der Waals surface area contributed by atoms with Crippen molar-refractivity contribution >= 4 is 17.8 Å². The van der Waals surface area contributed by atoms with Crippen LogP contribution in [0, 0.1) is 19.7 Å². The summed E-state index contributed by atoms with van der Waals surface area (Å²) < 4.78 is 17.0. The predicted molar refractivity (Wildman–Crippen MR) is 130 cm³/mol. The summed E-state index contributed by atoms with van der Waals surface area (Å²) in [6.45, 7) is 4.04. The first-order chi connectivity index (χ1) is 17.0. The van der Waals surface area contributed by atoms with E-state index in [1.165, 1.54) is 18.2 Å². The second kappa shape index (κ2) is 9.30. The number of benzene rings is 2. The van der Waals surface area contributed by atoms with E-state index in [1.54, 1.807) is 22.9 Å². The summed E-state index contributed by atoms with van der Waals surface area (Å²) in [6.07, 6.45) is 4.97. The molecule has 8 nitrogen and oxygen atoms in total. The highest BCUT2D eigenvalue weighted by Gasteiger charge is 2.13. The van der Waals surface area contributed by atoms with Gasteiger partial charge in [-0.1, -0.05) is 18.2 Å². The van der Waals surface area contributed by atoms with Gasteiger partial charge in [-0.3, -0.25) is 9.20 Å². The minimum atomic E-state index is -0.325. The number of halogens is 1. The third-order valence-corrected chi connectivity index (χ3v) is 5.48. The SMILES string of the molecule is Cc1cc(C)n2c(CNC(=O)/C=C/c3cn(-c4ccccc4)nc3-c3ccc(F)cc3)nnc2n1. The highest BCUT2D eigenvalue weighted by Crippen LogP contribution is 2.25. The van der Waals surface area contributed by atoms with E-state index in [2.05, 4.69) is 25.6 Å². The van der Waals surface area contributed by atoms with Gasteiger partial charge in [0, 0.05) is 34.8 Å². The van der Waals surface area contributed by atoms with Gasteiger partial charge in [0.1, 0.15) is 5.82 Å². The van der Waals surface area contributed by atoms with E-state index >= 15 is 0 Å². The monoisotopic (exact) mass is 467 g/mol. The Morgan fingerprint density at radius 2 is 1.83 bits per heavy atom. The van der Waals surface area contributed by atoms with E-state index in [9.17, 15) is 9.18 Å². The van der Waals surface area contributed by atoms with Crippen molar-refractivity contribution in [1.82, 2.24) is 34.7 Å². The van der Waals surface area contributed by atoms with E-state index < -0.39 is 0 Å². The lowest BCUT2D eigenvalue weighted by Crippen LogP contribution is -2.22. The van der Waals surface area contributed by atoms with Gasteiger partial charge in [-0.15, -0.1) is 10.2 Å². The number of carbonyl (C=O) groups is 1. The summed E-state index contributed by atoms with van der Waals surface area (Å²) in [5, 5.41) is 15.8. The van der Waals surface area contributed by atoms with E-state index in [4.69, 9.17) is 0 Å². The Balaban J connectivity index is 1.38. The van der Waals surface area contributed by atoms with Gasteiger partial charge in [0.2, 0.25) is 5.91 Å². The fourth-order valence-corrected chi connectivity index (χ4v) is 3.86. The van der Waals surface area contributed by atoms with Crippen molar-refractivity contribution in [1.29, 1.82) is 0 Å². The number of nitrogens with zero attached hydrogens (tertiary/aromatic N) is 6. The summed E-state index contributed by atoms with van der Waals surface area (Å²) in [4.78, 5) is 17.0. The van der Waals surface area contributed by atoms with Gasteiger partial charge in [-0.2, -0.15) is 5.10 Å². The average Bonchev–Trinajstić information content (AvgIpc) is 3.47. The molecule has 35 heavy (non-hydrogen) atoms. The second-order valence-electron chi connectivity index (χ2n) is 8.06. The zero-order valence-electron chi connectivity index (χ0n) is 19.2. The number of aromatic nitrogens is 6. The van der Waals surface area contributed by atoms with Gasteiger partial charge in [0.25, 0.3) is 5.78 Å². The number of aryl methyl sites for hydroxylation is 2. The van der Waals surface area contributed by atoms with Crippen molar-refractivity contribution in [3.05, 3.63) is 102 Å². The maximum Gasteiger partial charge on any atom is 0.255 e. The number of para-hydroxylation sites is 1. The highest BCUT2D eigenvalue weighted by molar-refractivity contribution is 5.92. The smallest absolute Gasteiger partial charge is 0.255 e. The van der Waals surface area contributed by atoms with Crippen LogP contribution in [-0.4, -0.2) is 35.3 Å². The number of amides is 1. The Morgan fingerprint density at radius 1 is 1.06 bits per heavy atom. The van der Waals surface area contributed by atoms with Crippen LogP contribution in [0.25, 0.3) is 28.8 Å². The lowest BCUT2D eigenvalue weighted by Gasteiger charge is -2.05. The number of hydrogen-bond donors (Lipinski definition) is 1. The molecular formula is C26H22FN7O. The van der Waals surface area contributed by atoms with E-state index in [0.29, 0.717) is 17.3 Å². The number of hydrogen-bond acceptors (Lipinski definition) is 5. The van der Waals surface area contributed by atoms with Crippen LogP contribution in [0.4, 0.5) is 4.39 Å². The first kappa shape index (κ1) is 22.1. The predicted octanol–water partition coefficient (Wildman–Crippen LogP) is 4.06. The van der Waals surface area contributed by atoms with Crippen molar-refractivity contribution in [3.8, 4) is 16.9 Å². The van der Waals surface area contributed by atoms with E-state index in [1.807, 2.05) is 60.8 Å². The van der Waals surface area contributed by atoms with Crippen molar-refractivity contribution in [2.75, 3.05) is 0 Å². The number of rotatable bonds is 6. The summed E-state index contributed by atoms with van der Waals surface area (Å²) >= 11 is 0. The Kier molecular flexibility index (Phi) is 5.88. The fourth-order valence-electron chi connectivity index (χ4n) is 3.86. The highest BCUT2D eigenvalue weighted by atomic mass is 19.1. The summed E-state index contributed by atoms with van der Waals surface area (Å²) in [7, 11) is 0. The van der Waals surface area contributed by atoms with Crippen molar-refractivity contribution in [2.45, 2.75) is 20.4 Å². The molecule has 0 saturated carbocycles. The molecule has 0 aliphatic heterocycles. The van der Waals surface area contributed by atoms with Crippen molar-refractivity contribution in [3.63, 3.8) is 0 Å². The van der Waals surface area contributed by atoms with Gasteiger partial charge in [0.05, 0.1) is 17.9 Å². The van der Waals surface area contributed by atoms with Gasteiger partial charge in [0.15, 0.2) is 5.82 Å². The number of fused-ring (bicyclic) bond motifs is 1. The van der Waals surface area contributed by atoms with Crippen LogP contribution in [0.1, 0.15) is 22.8 Å². The zero-order valence-corrected chi connectivity index (χ0v) is 19.2. The van der Waals surface area contributed by atoms with E-state index in [-0.39, 0.29) is 18.3 Å². The molecule has 0 spiro atoms. The second-order valence-corrected chi connectivity index (χ2v) is 8.06. The van der Waals surface area contributed by atoms with Crippen LogP contribution in [0.3, 0.4) is 0 Å². The Hall–Kier alpha value is -4.66. The molecule has 1 amide bonds. The maximum absolute atomic E-state index is 13.5. The molecule has 0 atom stereocenters. The zero-order chi connectivity index (χ0) is 24.4.